The lowest BCUT2D eigenvalue weighted by molar-refractivity contribution is -0.0625. The van der Waals surface area contributed by atoms with E-state index in [1.54, 1.807) is 0 Å². The van der Waals surface area contributed by atoms with Crippen LogP contribution in [0, 0.1) is 16.2 Å². The molecule has 0 saturated heterocycles. The van der Waals surface area contributed by atoms with E-state index in [1.807, 2.05) is 0 Å². The summed E-state index contributed by atoms with van der Waals surface area (Å²) < 4.78 is 0. The molecule has 0 aromatic carbocycles. The summed E-state index contributed by atoms with van der Waals surface area (Å²) in [4.78, 5) is 0. The van der Waals surface area contributed by atoms with Crippen LogP contribution in [0.15, 0.2) is 0 Å². The molecule has 0 heterocycles. The molecule has 16 heavy (non-hydrogen) atoms. The van der Waals surface area contributed by atoms with Gasteiger partial charge in [-0.05, 0) is 43.1 Å². The van der Waals surface area contributed by atoms with E-state index in [-0.39, 0.29) is 21.8 Å². The van der Waals surface area contributed by atoms with E-state index in [0.29, 0.717) is 0 Å². The summed E-state index contributed by atoms with van der Waals surface area (Å²) in [6, 6.07) is 0. The highest BCUT2D eigenvalue weighted by Crippen LogP contribution is 2.56. The van der Waals surface area contributed by atoms with Gasteiger partial charge in [0.25, 0.3) is 0 Å². The Bertz CT molecular complexity index is 232. The molecule has 2 heteroatoms. The topological polar surface area (TPSA) is 52.0 Å². The molecule has 0 unspecified atom stereocenters. The Hall–Kier alpha value is -0.0800. The highest BCUT2D eigenvalue weighted by molar-refractivity contribution is 5.04. The van der Waals surface area contributed by atoms with Gasteiger partial charge in [-0.3, -0.25) is 0 Å². The zero-order chi connectivity index (χ0) is 13.4. The number of hydrogen-bond donors (Lipinski definition) is 2. The second-order valence-electron chi connectivity index (χ2n) is 7.39. The van der Waals surface area contributed by atoms with Gasteiger partial charge < -0.3 is 11.5 Å². The molecule has 0 saturated carbocycles. The Morgan fingerprint density at radius 1 is 0.750 bits per heavy atom. The van der Waals surface area contributed by atoms with Crippen molar-refractivity contribution >= 4 is 0 Å². The first kappa shape index (κ1) is 15.9. The minimum Gasteiger partial charge on any atom is -0.330 e. The predicted octanol–water partition coefficient (Wildman–Crippen LogP) is 3.15. The third-order valence-corrected chi connectivity index (χ3v) is 5.63. The van der Waals surface area contributed by atoms with Crippen LogP contribution in [-0.2, 0) is 0 Å². The van der Waals surface area contributed by atoms with Gasteiger partial charge in [0.1, 0.15) is 0 Å². The molecule has 0 radical (unpaired) electrons. The van der Waals surface area contributed by atoms with Crippen molar-refractivity contribution in [3.05, 3.63) is 0 Å². The van der Waals surface area contributed by atoms with Gasteiger partial charge in [-0.15, -0.1) is 0 Å². The molecule has 0 aliphatic carbocycles. The van der Waals surface area contributed by atoms with Crippen molar-refractivity contribution in [2.24, 2.45) is 27.7 Å². The third kappa shape index (κ3) is 2.43. The zero-order valence-corrected chi connectivity index (χ0v) is 12.6. The van der Waals surface area contributed by atoms with Crippen LogP contribution in [0.3, 0.4) is 0 Å². The van der Waals surface area contributed by atoms with Gasteiger partial charge in [0, 0.05) is 5.54 Å². The molecule has 0 aromatic rings. The van der Waals surface area contributed by atoms with E-state index in [4.69, 9.17) is 11.5 Å². The molecule has 0 aliphatic rings. The molecule has 0 aromatic heterocycles. The van der Waals surface area contributed by atoms with Crippen LogP contribution in [0.2, 0.25) is 0 Å². The first-order valence-corrected chi connectivity index (χ1v) is 6.30. The minimum atomic E-state index is -0.206. The standard InChI is InChI=1S/C14H32N2/c1-11(2,9-10-15)12(3,4)13(5,6)14(7,8)16/h9-10,15-16H2,1-8H3. The SMILES string of the molecule is CC(C)(N)C(C)(C)C(C)(C)C(C)(C)CCN. The van der Waals surface area contributed by atoms with Gasteiger partial charge in [-0.25, -0.2) is 0 Å². The fourth-order valence-corrected chi connectivity index (χ4v) is 2.32. The Labute approximate surface area is 102 Å². The molecule has 0 rings (SSSR count). The summed E-state index contributed by atoms with van der Waals surface area (Å²) in [6.07, 6.45) is 1.03. The molecular formula is C14H32N2. The summed E-state index contributed by atoms with van der Waals surface area (Å²) in [6.45, 7) is 18.7. The minimum absolute atomic E-state index is 0.0403. The number of hydrogen-bond acceptors (Lipinski definition) is 2. The van der Waals surface area contributed by atoms with Gasteiger partial charge in [0.15, 0.2) is 0 Å². The van der Waals surface area contributed by atoms with Crippen molar-refractivity contribution in [3.63, 3.8) is 0 Å². The van der Waals surface area contributed by atoms with Gasteiger partial charge in [0.05, 0.1) is 0 Å². The Morgan fingerprint density at radius 3 is 1.38 bits per heavy atom. The molecule has 0 fully saturated rings. The van der Waals surface area contributed by atoms with Crippen molar-refractivity contribution in [2.45, 2.75) is 67.3 Å². The van der Waals surface area contributed by atoms with E-state index >= 15 is 0 Å². The van der Waals surface area contributed by atoms with E-state index < -0.39 is 0 Å². The van der Waals surface area contributed by atoms with Crippen molar-refractivity contribution in [3.8, 4) is 0 Å². The Morgan fingerprint density at radius 2 is 1.12 bits per heavy atom. The van der Waals surface area contributed by atoms with Crippen LogP contribution in [0.1, 0.15) is 61.8 Å². The largest absolute Gasteiger partial charge is 0.330 e. The Balaban J connectivity index is 5.34. The molecule has 98 valence electrons. The Kier molecular flexibility index (Phi) is 4.28. The van der Waals surface area contributed by atoms with Crippen LogP contribution >= 0.6 is 0 Å². The maximum absolute atomic E-state index is 6.36. The number of rotatable bonds is 5. The summed E-state index contributed by atoms with van der Waals surface area (Å²) in [5.41, 5.74) is 12.2. The van der Waals surface area contributed by atoms with Crippen molar-refractivity contribution < 1.29 is 0 Å². The second kappa shape index (κ2) is 4.30. The van der Waals surface area contributed by atoms with Crippen molar-refractivity contribution in [1.82, 2.24) is 0 Å². The van der Waals surface area contributed by atoms with E-state index in [1.165, 1.54) is 0 Å². The van der Waals surface area contributed by atoms with Gasteiger partial charge in [-0.2, -0.15) is 0 Å². The lowest BCUT2D eigenvalue weighted by atomic mass is 9.49. The third-order valence-electron chi connectivity index (χ3n) is 5.63. The molecule has 4 N–H and O–H groups in total. The molecule has 0 atom stereocenters. The summed E-state index contributed by atoms with van der Waals surface area (Å²) >= 11 is 0. The van der Waals surface area contributed by atoms with Crippen molar-refractivity contribution in [2.75, 3.05) is 6.54 Å². The summed E-state index contributed by atoms with van der Waals surface area (Å²) in [5, 5.41) is 0. The smallest absolute Gasteiger partial charge is 0.0154 e. The summed E-state index contributed by atoms with van der Waals surface area (Å²) in [7, 11) is 0. The normalized spacial score (nSPS) is 15.4. The number of nitrogens with two attached hydrogens (primary N) is 2. The molecule has 0 amide bonds. The summed E-state index contributed by atoms with van der Waals surface area (Å²) in [5.74, 6) is 0. The molecule has 0 bridgehead atoms. The van der Waals surface area contributed by atoms with E-state index in [0.717, 1.165) is 13.0 Å². The fraction of sp³-hybridized carbons (Fsp3) is 1.00. The highest BCUT2D eigenvalue weighted by atomic mass is 14.8. The molecule has 2 nitrogen and oxygen atoms in total. The van der Waals surface area contributed by atoms with Crippen LogP contribution in [-0.4, -0.2) is 12.1 Å². The van der Waals surface area contributed by atoms with Crippen LogP contribution < -0.4 is 11.5 Å². The maximum Gasteiger partial charge on any atom is 0.0154 e. The first-order chi connectivity index (χ1) is 6.81. The van der Waals surface area contributed by atoms with Crippen LogP contribution in [0.25, 0.3) is 0 Å². The van der Waals surface area contributed by atoms with Crippen molar-refractivity contribution in [1.29, 1.82) is 0 Å². The maximum atomic E-state index is 6.36. The molecule has 0 aliphatic heterocycles. The van der Waals surface area contributed by atoms with E-state index in [2.05, 4.69) is 55.4 Å². The van der Waals surface area contributed by atoms with Crippen LogP contribution in [0.4, 0.5) is 0 Å². The lowest BCUT2D eigenvalue weighted by Crippen LogP contribution is -2.59. The van der Waals surface area contributed by atoms with Gasteiger partial charge in [-0.1, -0.05) is 41.5 Å². The van der Waals surface area contributed by atoms with Gasteiger partial charge >= 0.3 is 0 Å². The highest BCUT2D eigenvalue weighted by Gasteiger charge is 2.52. The average Bonchev–Trinajstić information content (AvgIpc) is 2.01. The average molecular weight is 228 g/mol. The molecular weight excluding hydrogens is 196 g/mol. The van der Waals surface area contributed by atoms with Crippen LogP contribution in [0.5, 0.6) is 0 Å². The monoisotopic (exact) mass is 228 g/mol. The predicted molar refractivity (Wildman–Crippen MR) is 73.3 cm³/mol. The zero-order valence-electron chi connectivity index (χ0n) is 12.6. The van der Waals surface area contributed by atoms with Gasteiger partial charge in [0.2, 0.25) is 0 Å². The second-order valence-corrected chi connectivity index (χ2v) is 7.39. The quantitative estimate of drug-likeness (QED) is 0.759. The fourth-order valence-electron chi connectivity index (χ4n) is 2.32. The van der Waals surface area contributed by atoms with E-state index in [9.17, 15) is 0 Å². The first-order valence-electron chi connectivity index (χ1n) is 6.30. The molecule has 0 spiro atoms. The lowest BCUT2D eigenvalue weighted by Gasteiger charge is -2.57.